The van der Waals surface area contributed by atoms with E-state index in [1.165, 1.54) is 23.5 Å². The standard InChI is InChI=1S/C18H19NO6S/c1-3-24-18(20)17-12-19(15-6-4-5-7-16(15)25-17)26(21,22)14-10-8-13(23-2)9-11-14/h4-11,17H,3,12H2,1-2H3/t17-/m1/s1. The molecule has 0 N–H and O–H groups in total. The van der Waals surface area contributed by atoms with Gasteiger partial charge in [-0.3, -0.25) is 4.31 Å². The van der Waals surface area contributed by atoms with Gasteiger partial charge in [0.1, 0.15) is 11.5 Å². The molecule has 1 atom stereocenters. The van der Waals surface area contributed by atoms with E-state index in [0.29, 0.717) is 17.2 Å². The minimum absolute atomic E-state index is 0.0950. The average Bonchev–Trinajstić information content (AvgIpc) is 2.67. The van der Waals surface area contributed by atoms with Crippen LogP contribution in [-0.2, 0) is 19.6 Å². The van der Waals surface area contributed by atoms with Gasteiger partial charge in [0.2, 0.25) is 6.10 Å². The van der Waals surface area contributed by atoms with E-state index in [1.54, 1.807) is 43.3 Å². The van der Waals surface area contributed by atoms with Crippen LogP contribution in [0.25, 0.3) is 0 Å². The fourth-order valence-corrected chi connectivity index (χ4v) is 4.14. The summed E-state index contributed by atoms with van der Waals surface area (Å²) in [6.45, 7) is 1.70. The predicted octanol–water partition coefficient (Wildman–Crippen LogP) is 2.21. The summed E-state index contributed by atoms with van der Waals surface area (Å²) in [7, 11) is -2.39. The zero-order valence-corrected chi connectivity index (χ0v) is 15.2. The lowest BCUT2D eigenvalue weighted by Crippen LogP contribution is -2.47. The lowest BCUT2D eigenvalue weighted by atomic mass is 10.2. The van der Waals surface area contributed by atoms with Crippen molar-refractivity contribution in [3.63, 3.8) is 0 Å². The highest BCUT2D eigenvalue weighted by Gasteiger charge is 2.38. The Kier molecular flexibility index (Phi) is 5.03. The summed E-state index contributed by atoms with van der Waals surface area (Å²) in [4.78, 5) is 12.2. The first-order valence-electron chi connectivity index (χ1n) is 8.06. The van der Waals surface area contributed by atoms with E-state index in [-0.39, 0.29) is 18.0 Å². The summed E-state index contributed by atoms with van der Waals surface area (Å²) >= 11 is 0. The minimum Gasteiger partial charge on any atom is -0.497 e. The van der Waals surface area contributed by atoms with Crippen molar-refractivity contribution in [2.45, 2.75) is 17.9 Å². The zero-order valence-electron chi connectivity index (χ0n) is 14.4. The van der Waals surface area contributed by atoms with Crippen LogP contribution in [0.3, 0.4) is 0 Å². The molecule has 2 aromatic carbocycles. The van der Waals surface area contributed by atoms with Crippen molar-refractivity contribution in [1.29, 1.82) is 0 Å². The lowest BCUT2D eigenvalue weighted by Gasteiger charge is -2.34. The topological polar surface area (TPSA) is 82.1 Å². The van der Waals surface area contributed by atoms with Crippen LogP contribution in [0.2, 0.25) is 0 Å². The van der Waals surface area contributed by atoms with Crippen molar-refractivity contribution in [2.24, 2.45) is 0 Å². The fraction of sp³-hybridized carbons (Fsp3) is 0.278. The number of carbonyl (C=O) groups is 1. The molecular formula is C18H19NO6S. The van der Waals surface area contributed by atoms with Crippen LogP contribution in [-0.4, -0.2) is 40.8 Å². The fourth-order valence-electron chi connectivity index (χ4n) is 2.66. The van der Waals surface area contributed by atoms with Gasteiger partial charge in [-0.05, 0) is 43.3 Å². The number of rotatable bonds is 5. The highest BCUT2D eigenvalue weighted by Crippen LogP contribution is 2.37. The molecule has 1 heterocycles. The quantitative estimate of drug-likeness (QED) is 0.743. The number of para-hydroxylation sites is 2. The predicted molar refractivity (Wildman–Crippen MR) is 95.0 cm³/mol. The molecule has 0 saturated carbocycles. The first kappa shape index (κ1) is 18.1. The van der Waals surface area contributed by atoms with Crippen LogP contribution in [0.15, 0.2) is 53.4 Å². The normalized spacial score (nSPS) is 16.4. The smallest absolute Gasteiger partial charge is 0.349 e. The molecule has 1 aliphatic heterocycles. The largest absolute Gasteiger partial charge is 0.497 e. The van der Waals surface area contributed by atoms with Gasteiger partial charge < -0.3 is 14.2 Å². The van der Waals surface area contributed by atoms with Gasteiger partial charge in [0.25, 0.3) is 10.0 Å². The van der Waals surface area contributed by atoms with Gasteiger partial charge in [-0.1, -0.05) is 12.1 Å². The molecule has 0 radical (unpaired) electrons. The van der Waals surface area contributed by atoms with E-state index in [4.69, 9.17) is 14.2 Å². The molecule has 7 nitrogen and oxygen atoms in total. The molecule has 0 spiro atoms. The van der Waals surface area contributed by atoms with Crippen molar-refractivity contribution < 1.29 is 27.4 Å². The Balaban J connectivity index is 2.01. The average molecular weight is 377 g/mol. The number of benzene rings is 2. The van der Waals surface area contributed by atoms with E-state index >= 15 is 0 Å². The summed E-state index contributed by atoms with van der Waals surface area (Å²) in [5.74, 6) is 0.265. The SMILES string of the molecule is CCOC(=O)[C@H]1CN(S(=O)(=O)c2ccc(OC)cc2)c2ccccc2O1. The molecule has 2 aromatic rings. The molecule has 26 heavy (non-hydrogen) atoms. The second kappa shape index (κ2) is 7.25. The molecule has 0 amide bonds. The number of hydrogen-bond donors (Lipinski definition) is 0. The summed E-state index contributed by atoms with van der Waals surface area (Å²) in [5, 5.41) is 0. The molecule has 0 aliphatic carbocycles. The Morgan fingerprint density at radius 3 is 2.54 bits per heavy atom. The third-order valence-corrected chi connectivity index (χ3v) is 5.73. The number of hydrogen-bond acceptors (Lipinski definition) is 6. The van der Waals surface area contributed by atoms with Crippen molar-refractivity contribution >= 4 is 21.7 Å². The maximum Gasteiger partial charge on any atom is 0.349 e. The highest BCUT2D eigenvalue weighted by atomic mass is 32.2. The number of methoxy groups -OCH3 is 1. The van der Waals surface area contributed by atoms with Gasteiger partial charge in [-0.25, -0.2) is 13.2 Å². The Morgan fingerprint density at radius 2 is 1.88 bits per heavy atom. The first-order chi connectivity index (χ1) is 12.5. The second-order valence-corrected chi connectivity index (χ2v) is 7.40. The molecule has 0 saturated heterocycles. The van der Waals surface area contributed by atoms with Crippen molar-refractivity contribution in [3.05, 3.63) is 48.5 Å². The number of fused-ring (bicyclic) bond motifs is 1. The first-order valence-corrected chi connectivity index (χ1v) is 9.50. The third-order valence-electron chi connectivity index (χ3n) is 3.93. The summed E-state index contributed by atoms with van der Waals surface area (Å²) < 4.78 is 43.2. The molecule has 0 fully saturated rings. The van der Waals surface area contributed by atoms with Crippen molar-refractivity contribution in [2.75, 3.05) is 24.6 Å². The van der Waals surface area contributed by atoms with E-state index in [1.807, 2.05) is 0 Å². The van der Waals surface area contributed by atoms with Gasteiger partial charge >= 0.3 is 5.97 Å². The van der Waals surface area contributed by atoms with Crippen LogP contribution in [0, 0.1) is 0 Å². The number of anilines is 1. The minimum atomic E-state index is -3.89. The number of ether oxygens (including phenoxy) is 3. The van der Waals surface area contributed by atoms with Crippen LogP contribution in [0.5, 0.6) is 11.5 Å². The van der Waals surface area contributed by atoms with E-state index in [0.717, 1.165) is 0 Å². The number of carbonyl (C=O) groups excluding carboxylic acids is 1. The second-order valence-electron chi connectivity index (χ2n) is 5.54. The molecule has 3 rings (SSSR count). The molecule has 8 heteroatoms. The van der Waals surface area contributed by atoms with Crippen molar-refractivity contribution in [1.82, 2.24) is 0 Å². The summed E-state index contributed by atoms with van der Waals surface area (Å²) in [6, 6.07) is 12.8. The maximum atomic E-state index is 13.2. The Bertz CT molecular complexity index is 894. The van der Waals surface area contributed by atoms with E-state index in [9.17, 15) is 13.2 Å². The van der Waals surface area contributed by atoms with Gasteiger partial charge in [0.05, 0.1) is 30.8 Å². The number of esters is 1. The summed E-state index contributed by atoms with van der Waals surface area (Å²) in [5.41, 5.74) is 0.379. The number of sulfonamides is 1. The monoisotopic (exact) mass is 377 g/mol. The molecule has 0 aromatic heterocycles. The zero-order chi connectivity index (χ0) is 18.7. The Labute approximate surface area is 152 Å². The van der Waals surface area contributed by atoms with Crippen LogP contribution in [0.1, 0.15) is 6.92 Å². The van der Waals surface area contributed by atoms with Crippen LogP contribution >= 0.6 is 0 Å². The van der Waals surface area contributed by atoms with Crippen LogP contribution in [0.4, 0.5) is 5.69 Å². The Morgan fingerprint density at radius 1 is 1.19 bits per heavy atom. The van der Waals surface area contributed by atoms with E-state index < -0.39 is 22.1 Å². The van der Waals surface area contributed by atoms with E-state index in [2.05, 4.69) is 0 Å². The van der Waals surface area contributed by atoms with Crippen LogP contribution < -0.4 is 13.8 Å². The third kappa shape index (κ3) is 3.32. The lowest BCUT2D eigenvalue weighted by molar-refractivity contribution is -0.151. The Hall–Kier alpha value is -2.74. The van der Waals surface area contributed by atoms with Gasteiger partial charge in [-0.15, -0.1) is 0 Å². The molecule has 0 unspecified atom stereocenters. The maximum absolute atomic E-state index is 13.2. The highest BCUT2D eigenvalue weighted by molar-refractivity contribution is 7.92. The van der Waals surface area contributed by atoms with Gasteiger partial charge in [0, 0.05) is 0 Å². The molecule has 0 bridgehead atoms. The summed E-state index contributed by atoms with van der Waals surface area (Å²) in [6.07, 6.45) is -1.03. The number of nitrogens with zero attached hydrogens (tertiary/aromatic N) is 1. The van der Waals surface area contributed by atoms with Gasteiger partial charge in [-0.2, -0.15) is 0 Å². The van der Waals surface area contributed by atoms with Gasteiger partial charge in [0.15, 0.2) is 0 Å². The molecule has 1 aliphatic rings. The molecule has 138 valence electrons. The van der Waals surface area contributed by atoms with Crippen molar-refractivity contribution in [3.8, 4) is 11.5 Å². The molecular weight excluding hydrogens is 358 g/mol.